The molecule has 0 atom stereocenters. The third kappa shape index (κ3) is 3.24. The molecule has 3 N–H and O–H groups in total. The minimum Gasteiger partial charge on any atom is -0.352 e. The van der Waals surface area contributed by atoms with Crippen LogP contribution < -0.4 is 10.6 Å². The molecule has 2 heterocycles. The van der Waals surface area contributed by atoms with Gasteiger partial charge >= 0.3 is 0 Å². The monoisotopic (exact) mass is 382 g/mol. The van der Waals surface area contributed by atoms with Gasteiger partial charge in [0.2, 0.25) is 5.91 Å². The van der Waals surface area contributed by atoms with Crippen LogP contribution >= 0.6 is 34.5 Å². The van der Waals surface area contributed by atoms with E-state index in [-0.39, 0.29) is 22.5 Å². The van der Waals surface area contributed by atoms with E-state index in [1.165, 1.54) is 18.3 Å². The van der Waals surface area contributed by atoms with Crippen LogP contribution in [0.1, 0.15) is 23.1 Å². The molecule has 3 aromatic rings. The summed E-state index contributed by atoms with van der Waals surface area (Å²) in [6.07, 6.45) is 0. The molecule has 0 saturated carbocycles. The van der Waals surface area contributed by atoms with Crippen molar-refractivity contribution >= 4 is 67.4 Å². The molecule has 124 valence electrons. The van der Waals surface area contributed by atoms with Crippen molar-refractivity contribution in [1.29, 1.82) is 0 Å². The second kappa shape index (κ2) is 6.43. The summed E-state index contributed by atoms with van der Waals surface area (Å²) in [6.45, 7) is 3.16. The Kier molecular flexibility index (Phi) is 4.49. The lowest BCUT2D eigenvalue weighted by atomic mass is 10.3. The minimum absolute atomic E-state index is 0.184. The second-order valence-electron chi connectivity index (χ2n) is 5.09. The van der Waals surface area contributed by atoms with Gasteiger partial charge in [0.15, 0.2) is 5.13 Å². The third-order valence-electron chi connectivity index (χ3n) is 3.21. The van der Waals surface area contributed by atoms with E-state index in [4.69, 9.17) is 23.2 Å². The quantitative estimate of drug-likeness (QED) is 0.625. The highest BCUT2D eigenvalue weighted by molar-refractivity contribution is 7.22. The van der Waals surface area contributed by atoms with Gasteiger partial charge in [-0.05, 0) is 25.1 Å². The molecule has 2 amide bonds. The van der Waals surface area contributed by atoms with Crippen molar-refractivity contribution in [2.75, 3.05) is 10.6 Å². The summed E-state index contributed by atoms with van der Waals surface area (Å²) >= 11 is 13.4. The average Bonchev–Trinajstić information content (AvgIpc) is 3.01. The number of amides is 2. The molecule has 3 rings (SSSR count). The zero-order valence-corrected chi connectivity index (χ0v) is 15.0. The highest BCUT2D eigenvalue weighted by atomic mass is 35.5. The van der Waals surface area contributed by atoms with Crippen LogP contribution in [0.3, 0.4) is 0 Å². The average molecular weight is 383 g/mol. The molecule has 0 radical (unpaired) electrons. The van der Waals surface area contributed by atoms with Gasteiger partial charge in [0, 0.05) is 18.3 Å². The Morgan fingerprint density at radius 1 is 1.21 bits per heavy atom. The van der Waals surface area contributed by atoms with Gasteiger partial charge in [0.05, 0.1) is 20.3 Å². The molecule has 0 unspecified atom stereocenters. The first-order valence-electron chi connectivity index (χ1n) is 6.88. The Labute approximate surface area is 151 Å². The predicted octanol–water partition coefficient (Wildman–Crippen LogP) is 4.45. The topological polar surface area (TPSA) is 86.9 Å². The highest BCUT2D eigenvalue weighted by Crippen LogP contribution is 2.31. The summed E-state index contributed by atoms with van der Waals surface area (Å²) in [7, 11) is 0. The number of aryl methyl sites for hydroxylation is 1. The molecule has 0 fully saturated rings. The van der Waals surface area contributed by atoms with Crippen molar-refractivity contribution in [3.8, 4) is 0 Å². The van der Waals surface area contributed by atoms with Gasteiger partial charge in [0.1, 0.15) is 5.69 Å². The first kappa shape index (κ1) is 16.8. The van der Waals surface area contributed by atoms with Crippen molar-refractivity contribution in [3.05, 3.63) is 39.6 Å². The fourth-order valence-corrected chi connectivity index (χ4v) is 3.50. The number of hydrogen-bond acceptors (Lipinski definition) is 4. The normalized spacial score (nSPS) is 10.8. The number of aromatic nitrogens is 2. The first-order chi connectivity index (χ1) is 11.3. The maximum Gasteiger partial charge on any atom is 0.273 e. The Morgan fingerprint density at radius 2 is 1.96 bits per heavy atom. The molecule has 24 heavy (non-hydrogen) atoms. The number of H-pyrrole nitrogens is 1. The Balaban J connectivity index is 1.85. The second-order valence-corrected chi connectivity index (χ2v) is 6.88. The molecular formula is C15H12Cl2N4O2S. The van der Waals surface area contributed by atoms with Crippen LogP contribution in [-0.4, -0.2) is 21.8 Å². The number of carbonyl (C=O) groups excluding carboxylic acids is 2. The molecule has 0 aliphatic carbocycles. The Morgan fingerprint density at radius 3 is 2.58 bits per heavy atom. The van der Waals surface area contributed by atoms with E-state index in [1.54, 1.807) is 25.1 Å². The standard InChI is InChI=1S/C15H12Cl2N4O2S/c1-6-11(16)12(17)13(18-6)14(23)20-8-3-4-9-10(5-8)24-15(21-9)19-7(2)22/h3-5,18H,1-2H3,(H,20,23)(H,19,21,22). The summed E-state index contributed by atoms with van der Waals surface area (Å²) in [6, 6.07) is 5.27. The van der Waals surface area contributed by atoms with E-state index in [0.717, 1.165) is 10.2 Å². The van der Waals surface area contributed by atoms with Gasteiger partial charge < -0.3 is 15.6 Å². The predicted molar refractivity (Wildman–Crippen MR) is 97.4 cm³/mol. The molecular weight excluding hydrogens is 371 g/mol. The van der Waals surface area contributed by atoms with Crippen LogP contribution in [0.15, 0.2) is 18.2 Å². The molecule has 2 aromatic heterocycles. The molecule has 0 bridgehead atoms. The third-order valence-corrected chi connectivity index (χ3v) is 5.09. The van der Waals surface area contributed by atoms with Crippen LogP contribution in [0.4, 0.5) is 10.8 Å². The summed E-state index contributed by atoms with van der Waals surface area (Å²) in [5, 5.41) is 6.44. The molecule has 9 heteroatoms. The fraction of sp³-hybridized carbons (Fsp3) is 0.133. The highest BCUT2D eigenvalue weighted by Gasteiger charge is 2.18. The van der Waals surface area contributed by atoms with E-state index in [9.17, 15) is 9.59 Å². The SMILES string of the molecule is CC(=O)Nc1nc2ccc(NC(=O)c3[nH]c(C)c(Cl)c3Cl)cc2s1. The van der Waals surface area contributed by atoms with E-state index in [2.05, 4.69) is 20.6 Å². The number of nitrogens with one attached hydrogen (secondary N) is 3. The van der Waals surface area contributed by atoms with Crippen molar-refractivity contribution in [3.63, 3.8) is 0 Å². The van der Waals surface area contributed by atoms with E-state index in [1.807, 2.05) is 0 Å². The Hall–Kier alpha value is -2.09. The van der Waals surface area contributed by atoms with Gasteiger partial charge in [-0.2, -0.15) is 0 Å². The summed E-state index contributed by atoms with van der Waals surface area (Å²) in [5.41, 5.74) is 2.16. The van der Waals surface area contributed by atoms with Crippen LogP contribution in [-0.2, 0) is 4.79 Å². The molecule has 0 aliphatic heterocycles. The lowest BCUT2D eigenvalue weighted by Gasteiger charge is -2.04. The van der Waals surface area contributed by atoms with Crippen LogP contribution in [0.25, 0.3) is 10.2 Å². The molecule has 0 aliphatic rings. The molecule has 6 nitrogen and oxygen atoms in total. The summed E-state index contributed by atoms with van der Waals surface area (Å²) in [4.78, 5) is 30.6. The zero-order chi connectivity index (χ0) is 17.4. The molecule has 0 spiro atoms. The van der Waals surface area contributed by atoms with E-state index < -0.39 is 0 Å². The zero-order valence-electron chi connectivity index (χ0n) is 12.7. The molecule has 1 aromatic carbocycles. The number of halogens is 2. The first-order valence-corrected chi connectivity index (χ1v) is 8.45. The number of nitrogens with zero attached hydrogens (tertiary/aromatic N) is 1. The van der Waals surface area contributed by atoms with Gasteiger partial charge in [-0.25, -0.2) is 4.98 Å². The number of hydrogen-bond donors (Lipinski definition) is 3. The number of thiazole rings is 1. The number of fused-ring (bicyclic) bond motifs is 1. The summed E-state index contributed by atoms with van der Waals surface area (Å²) in [5.74, 6) is -0.572. The maximum atomic E-state index is 12.3. The fourth-order valence-electron chi connectivity index (χ4n) is 2.13. The smallest absolute Gasteiger partial charge is 0.273 e. The van der Waals surface area contributed by atoms with Crippen molar-refractivity contribution in [2.45, 2.75) is 13.8 Å². The number of aromatic amines is 1. The minimum atomic E-state index is -0.388. The number of rotatable bonds is 3. The Bertz CT molecular complexity index is 964. The summed E-state index contributed by atoms with van der Waals surface area (Å²) < 4.78 is 0.836. The van der Waals surface area contributed by atoms with Crippen molar-refractivity contribution in [1.82, 2.24) is 9.97 Å². The number of benzene rings is 1. The van der Waals surface area contributed by atoms with Crippen LogP contribution in [0, 0.1) is 6.92 Å². The van der Waals surface area contributed by atoms with Gasteiger partial charge in [-0.15, -0.1) is 0 Å². The lowest BCUT2D eigenvalue weighted by Crippen LogP contribution is -2.12. The van der Waals surface area contributed by atoms with Crippen LogP contribution in [0.2, 0.25) is 10.0 Å². The van der Waals surface area contributed by atoms with Crippen molar-refractivity contribution < 1.29 is 9.59 Å². The van der Waals surface area contributed by atoms with Gasteiger partial charge in [-0.3, -0.25) is 9.59 Å². The van der Waals surface area contributed by atoms with Gasteiger partial charge in [0.25, 0.3) is 5.91 Å². The number of carbonyl (C=O) groups is 2. The van der Waals surface area contributed by atoms with Crippen molar-refractivity contribution in [2.24, 2.45) is 0 Å². The van der Waals surface area contributed by atoms with E-state index in [0.29, 0.717) is 21.5 Å². The lowest BCUT2D eigenvalue weighted by molar-refractivity contribution is -0.114. The number of anilines is 2. The molecule has 0 saturated heterocycles. The van der Waals surface area contributed by atoms with Gasteiger partial charge in [-0.1, -0.05) is 34.5 Å². The van der Waals surface area contributed by atoms with E-state index >= 15 is 0 Å². The van der Waals surface area contributed by atoms with Crippen LogP contribution in [0.5, 0.6) is 0 Å². The largest absolute Gasteiger partial charge is 0.352 e. The maximum absolute atomic E-state index is 12.3.